The van der Waals surface area contributed by atoms with E-state index < -0.39 is 0 Å². The summed E-state index contributed by atoms with van der Waals surface area (Å²) in [7, 11) is 0. The molecule has 1 N–H and O–H groups in total. The van der Waals surface area contributed by atoms with Gasteiger partial charge in [0.05, 0.1) is 12.1 Å². The predicted octanol–water partition coefficient (Wildman–Crippen LogP) is 4.25. The topological polar surface area (TPSA) is 34.1 Å². The van der Waals surface area contributed by atoms with Gasteiger partial charge in [0.1, 0.15) is 5.75 Å². The molecule has 0 aliphatic rings. The Morgan fingerprint density at radius 3 is 2.71 bits per heavy atom. The summed E-state index contributed by atoms with van der Waals surface area (Å²) in [4.78, 5) is 4.33. The quantitative estimate of drug-likeness (QED) is 0.757. The van der Waals surface area contributed by atoms with Crippen LogP contribution in [0.25, 0.3) is 10.9 Å². The standard InChI is InChI=1S/C18H18N2O/c1-2-21-17-8-5-14(6-9-17)13-20-16-7-10-18-15(12-16)4-3-11-19-18/h3-12,20H,2,13H2,1H3. The molecule has 3 heteroatoms. The van der Waals surface area contributed by atoms with Crippen LogP contribution in [0.5, 0.6) is 5.75 Å². The van der Waals surface area contributed by atoms with Crippen molar-refractivity contribution < 1.29 is 4.74 Å². The Morgan fingerprint density at radius 1 is 1.05 bits per heavy atom. The summed E-state index contributed by atoms with van der Waals surface area (Å²) in [5.74, 6) is 0.915. The van der Waals surface area contributed by atoms with Crippen LogP contribution in [-0.4, -0.2) is 11.6 Å². The van der Waals surface area contributed by atoms with Gasteiger partial charge in [-0.25, -0.2) is 0 Å². The third kappa shape index (κ3) is 3.31. The highest BCUT2D eigenvalue weighted by atomic mass is 16.5. The number of pyridine rings is 1. The first-order valence-corrected chi connectivity index (χ1v) is 7.15. The Bertz CT molecular complexity index is 723. The number of nitrogens with zero attached hydrogens (tertiary/aromatic N) is 1. The van der Waals surface area contributed by atoms with E-state index in [2.05, 4.69) is 40.6 Å². The maximum atomic E-state index is 5.44. The van der Waals surface area contributed by atoms with Crippen molar-refractivity contribution in [2.24, 2.45) is 0 Å². The van der Waals surface area contributed by atoms with Crippen molar-refractivity contribution in [2.45, 2.75) is 13.5 Å². The predicted molar refractivity (Wildman–Crippen MR) is 86.7 cm³/mol. The Labute approximate surface area is 124 Å². The van der Waals surface area contributed by atoms with Gasteiger partial charge in [0.25, 0.3) is 0 Å². The van der Waals surface area contributed by atoms with Crippen molar-refractivity contribution in [3.8, 4) is 5.75 Å². The largest absolute Gasteiger partial charge is 0.494 e. The van der Waals surface area contributed by atoms with Gasteiger partial charge in [-0.2, -0.15) is 0 Å². The average molecular weight is 278 g/mol. The van der Waals surface area contributed by atoms with Crippen LogP contribution >= 0.6 is 0 Å². The van der Waals surface area contributed by atoms with Crippen LogP contribution in [0, 0.1) is 0 Å². The van der Waals surface area contributed by atoms with Gasteiger partial charge in [0.15, 0.2) is 0 Å². The number of anilines is 1. The summed E-state index contributed by atoms with van der Waals surface area (Å²) >= 11 is 0. The van der Waals surface area contributed by atoms with Crippen molar-refractivity contribution in [1.82, 2.24) is 4.98 Å². The molecular formula is C18H18N2O. The number of hydrogen-bond donors (Lipinski definition) is 1. The van der Waals surface area contributed by atoms with Crippen molar-refractivity contribution in [3.05, 3.63) is 66.4 Å². The number of hydrogen-bond acceptors (Lipinski definition) is 3. The van der Waals surface area contributed by atoms with Crippen LogP contribution in [0.15, 0.2) is 60.8 Å². The number of aromatic nitrogens is 1. The van der Waals surface area contributed by atoms with Gasteiger partial charge in [0.2, 0.25) is 0 Å². The lowest BCUT2D eigenvalue weighted by atomic mass is 10.2. The molecule has 21 heavy (non-hydrogen) atoms. The summed E-state index contributed by atoms with van der Waals surface area (Å²) in [6.07, 6.45) is 1.81. The van der Waals surface area contributed by atoms with E-state index in [0.717, 1.165) is 28.9 Å². The SMILES string of the molecule is CCOc1ccc(CNc2ccc3ncccc3c2)cc1. The molecule has 0 bridgehead atoms. The highest BCUT2D eigenvalue weighted by Gasteiger charge is 1.98. The summed E-state index contributed by atoms with van der Waals surface area (Å²) in [6, 6.07) is 18.4. The lowest BCUT2D eigenvalue weighted by Crippen LogP contribution is -1.99. The highest BCUT2D eigenvalue weighted by molar-refractivity contribution is 5.82. The molecule has 0 aliphatic carbocycles. The lowest BCUT2D eigenvalue weighted by molar-refractivity contribution is 0.340. The fraction of sp³-hybridized carbons (Fsp3) is 0.167. The molecule has 1 heterocycles. The van der Waals surface area contributed by atoms with Gasteiger partial charge in [-0.05, 0) is 48.9 Å². The van der Waals surface area contributed by atoms with Crippen molar-refractivity contribution in [1.29, 1.82) is 0 Å². The second kappa shape index (κ2) is 6.27. The van der Waals surface area contributed by atoms with E-state index in [1.165, 1.54) is 5.56 Å². The molecule has 0 fully saturated rings. The molecule has 1 aromatic heterocycles. The van der Waals surface area contributed by atoms with Gasteiger partial charge >= 0.3 is 0 Å². The van der Waals surface area contributed by atoms with E-state index in [-0.39, 0.29) is 0 Å². The van der Waals surface area contributed by atoms with E-state index in [1.807, 2.05) is 37.4 Å². The van der Waals surface area contributed by atoms with E-state index in [1.54, 1.807) is 0 Å². The minimum atomic E-state index is 0.697. The van der Waals surface area contributed by atoms with Gasteiger partial charge in [-0.3, -0.25) is 4.98 Å². The maximum absolute atomic E-state index is 5.44. The first-order chi connectivity index (χ1) is 10.3. The molecule has 3 rings (SSSR count). The van der Waals surface area contributed by atoms with Gasteiger partial charge in [0, 0.05) is 23.8 Å². The zero-order chi connectivity index (χ0) is 14.5. The van der Waals surface area contributed by atoms with Gasteiger partial charge in [-0.15, -0.1) is 0 Å². The number of rotatable bonds is 5. The van der Waals surface area contributed by atoms with E-state index >= 15 is 0 Å². The van der Waals surface area contributed by atoms with Crippen LogP contribution < -0.4 is 10.1 Å². The summed E-state index contributed by atoms with van der Waals surface area (Å²) < 4.78 is 5.44. The average Bonchev–Trinajstić information content (AvgIpc) is 2.54. The zero-order valence-electron chi connectivity index (χ0n) is 12.0. The summed E-state index contributed by atoms with van der Waals surface area (Å²) in [5.41, 5.74) is 3.35. The van der Waals surface area contributed by atoms with Crippen LogP contribution in [-0.2, 0) is 6.54 Å². The molecule has 0 unspecified atom stereocenters. The second-order valence-electron chi connectivity index (χ2n) is 4.84. The number of ether oxygens (including phenoxy) is 1. The lowest BCUT2D eigenvalue weighted by Gasteiger charge is -2.08. The monoisotopic (exact) mass is 278 g/mol. The minimum absolute atomic E-state index is 0.697. The van der Waals surface area contributed by atoms with Gasteiger partial charge < -0.3 is 10.1 Å². The fourth-order valence-corrected chi connectivity index (χ4v) is 2.26. The third-order valence-electron chi connectivity index (χ3n) is 3.33. The highest BCUT2D eigenvalue weighted by Crippen LogP contribution is 2.18. The van der Waals surface area contributed by atoms with Crippen LogP contribution in [0.4, 0.5) is 5.69 Å². The Kier molecular flexibility index (Phi) is 4.01. The van der Waals surface area contributed by atoms with E-state index in [0.29, 0.717) is 6.61 Å². The normalized spacial score (nSPS) is 10.5. The smallest absolute Gasteiger partial charge is 0.119 e. The molecule has 3 nitrogen and oxygen atoms in total. The van der Waals surface area contributed by atoms with E-state index in [9.17, 15) is 0 Å². The van der Waals surface area contributed by atoms with Crippen LogP contribution in [0.3, 0.4) is 0 Å². The van der Waals surface area contributed by atoms with Gasteiger partial charge in [-0.1, -0.05) is 18.2 Å². The number of benzene rings is 2. The molecule has 0 atom stereocenters. The zero-order valence-corrected chi connectivity index (χ0v) is 12.0. The van der Waals surface area contributed by atoms with Crippen LogP contribution in [0.1, 0.15) is 12.5 Å². The molecule has 2 aromatic carbocycles. The molecule has 0 saturated heterocycles. The third-order valence-corrected chi connectivity index (χ3v) is 3.33. The Balaban J connectivity index is 1.68. The summed E-state index contributed by atoms with van der Waals surface area (Å²) in [6.45, 7) is 3.48. The molecule has 0 aliphatic heterocycles. The fourth-order valence-electron chi connectivity index (χ4n) is 2.26. The Morgan fingerprint density at radius 2 is 1.90 bits per heavy atom. The number of fused-ring (bicyclic) bond motifs is 1. The van der Waals surface area contributed by atoms with Crippen molar-refractivity contribution in [2.75, 3.05) is 11.9 Å². The molecule has 0 saturated carbocycles. The maximum Gasteiger partial charge on any atom is 0.119 e. The van der Waals surface area contributed by atoms with E-state index in [4.69, 9.17) is 4.74 Å². The Hall–Kier alpha value is -2.55. The molecule has 106 valence electrons. The van der Waals surface area contributed by atoms with Crippen molar-refractivity contribution in [3.63, 3.8) is 0 Å². The first kappa shape index (κ1) is 13.4. The molecule has 0 radical (unpaired) electrons. The molecule has 3 aromatic rings. The molecular weight excluding hydrogens is 260 g/mol. The van der Waals surface area contributed by atoms with Crippen LogP contribution in [0.2, 0.25) is 0 Å². The molecule has 0 amide bonds. The molecule has 0 spiro atoms. The second-order valence-corrected chi connectivity index (χ2v) is 4.84. The number of nitrogens with one attached hydrogen (secondary N) is 1. The minimum Gasteiger partial charge on any atom is -0.494 e. The first-order valence-electron chi connectivity index (χ1n) is 7.15. The van der Waals surface area contributed by atoms with Crippen molar-refractivity contribution >= 4 is 16.6 Å². The summed E-state index contributed by atoms with van der Waals surface area (Å²) in [5, 5.41) is 4.58.